The molecule has 4 rings (SSSR count). The van der Waals surface area contributed by atoms with Gasteiger partial charge in [0.1, 0.15) is 11.6 Å². The van der Waals surface area contributed by atoms with Crippen molar-refractivity contribution >= 4 is 35.1 Å². The van der Waals surface area contributed by atoms with Gasteiger partial charge in [0.2, 0.25) is 0 Å². The lowest BCUT2D eigenvalue weighted by Gasteiger charge is -2.15. The van der Waals surface area contributed by atoms with Crippen molar-refractivity contribution in [1.82, 2.24) is 9.55 Å². The minimum atomic E-state index is -0.369. The largest absolute Gasteiger partial charge is 0.497 e. The van der Waals surface area contributed by atoms with E-state index in [1.807, 2.05) is 18.2 Å². The van der Waals surface area contributed by atoms with E-state index in [-0.39, 0.29) is 17.1 Å². The maximum atomic E-state index is 14.2. The highest BCUT2D eigenvalue weighted by Gasteiger charge is 2.23. The average Bonchev–Trinajstić information content (AvgIpc) is 3.17. The molecule has 0 saturated carbocycles. The summed E-state index contributed by atoms with van der Waals surface area (Å²) in [5.41, 5.74) is 1.75. The fraction of sp³-hybridized carbons (Fsp3) is 0.200. The standard InChI is InChI=1S/C20H16ClFN2O2S2/c1-26-13-5-2-4-12(10-13)24-19(25)18-17(8-9-27-18)23-20(24)28-11-14-15(21)6-3-7-16(14)22/h2-7,10H,8-9,11H2,1H3. The zero-order valence-corrected chi connectivity index (χ0v) is 17.3. The summed E-state index contributed by atoms with van der Waals surface area (Å²) in [7, 11) is 1.58. The molecule has 0 unspecified atom stereocenters. The summed E-state index contributed by atoms with van der Waals surface area (Å²) in [5, 5.41) is 0.873. The van der Waals surface area contributed by atoms with Crippen LogP contribution in [0.4, 0.5) is 4.39 Å². The normalized spacial score (nSPS) is 12.8. The predicted molar refractivity (Wildman–Crippen MR) is 112 cm³/mol. The summed E-state index contributed by atoms with van der Waals surface area (Å²) in [5.74, 6) is 1.38. The molecule has 0 bridgehead atoms. The number of fused-ring (bicyclic) bond motifs is 1. The zero-order chi connectivity index (χ0) is 19.7. The molecule has 0 aliphatic carbocycles. The molecule has 0 saturated heterocycles. The van der Waals surface area contributed by atoms with Crippen molar-refractivity contribution in [3.05, 3.63) is 74.9 Å². The lowest BCUT2D eigenvalue weighted by molar-refractivity contribution is 0.414. The smallest absolute Gasteiger partial charge is 0.272 e. The second-order valence-electron chi connectivity index (χ2n) is 6.10. The molecular weight excluding hydrogens is 419 g/mol. The Morgan fingerprint density at radius 2 is 2.14 bits per heavy atom. The fourth-order valence-electron chi connectivity index (χ4n) is 2.97. The van der Waals surface area contributed by atoms with Gasteiger partial charge in [0, 0.05) is 34.6 Å². The summed E-state index contributed by atoms with van der Waals surface area (Å²) >= 11 is 8.97. The van der Waals surface area contributed by atoms with Crippen molar-refractivity contribution in [2.24, 2.45) is 0 Å². The van der Waals surface area contributed by atoms with Gasteiger partial charge in [-0.1, -0.05) is 35.5 Å². The lowest BCUT2D eigenvalue weighted by Crippen LogP contribution is -2.23. The van der Waals surface area contributed by atoms with Crippen LogP contribution in [0.3, 0.4) is 0 Å². The topological polar surface area (TPSA) is 44.1 Å². The van der Waals surface area contributed by atoms with Crippen molar-refractivity contribution in [3.8, 4) is 11.4 Å². The highest BCUT2D eigenvalue weighted by Crippen LogP contribution is 2.33. The molecule has 1 aliphatic heterocycles. The van der Waals surface area contributed by atoms with E-state index in [2.05, 4.69) is 0 Å². The summed E-state index contributed by atoms with van der Waals surface area (Å²) in [6, 6.07) is 11.9. The minimum absolute atomic E-state index is 0.108. The Balaban J connectivity index is 1.80. The molecule has 4 nitrogen and oxygen atoms in total. The van der Waals surface area contributed by atoms with Gasteiger partial charge in [0.15, 0.2) is 5.16 Å². The molecule has 1 aliphatic rings. The number of methoxy groups -OCH3 is 1. The van der Waals surface area contributed by atoms with Crippen LogP contribution in [0.15, 0.2) is 57.3 Å². The third-order valence-corrected chi connectivity index (χ3v) is 6.81. The second-order valence-corrected chi connectivity index (χ2v) is 8.55. The summed E-state index contributed by atoms with van der Waals surface area (Å²) in [6.45, 7) is 0. The number of aryl methyl sites for hydroxylation is 1. The van der Waals surface area contributed by atoms with E-state index in [9.17, 15) is 9.18 Å². The molecule has 28 heavy (non-hydrogen) atoms. The Morgan fingerprint density at radius 1 is 1.32 bits per heavy atom. The first kappa shape index (κ1) is 19.4. The van der Waals surface area contributed by atoms with Gasteiger partial charge in [-0.25, -0.2) is 9.37 Å². The molecular formula is C20H16ClFN2O2S2. The van der Waals surface area contributed by atoms with E-state index in [0.717, 1.165) is 17.9 Å². The molecule has 3 aromatic rings. The van der Waals surface area contributed by atoms with Crippen molar-refractivity contribution in [1.29, 1.82) is 0 Å². The molecule has 0 amide bonds. The van der Waals surface area contributed by atoms with Crippen LogP contribution in [0, 0.1) is 5.82 Å². The molecule has 0 N–H and O–H groups in total. The average molecular weight is 435 g/mol. The first-order valence-electron chi connectivity index (χ1n) is 8.57. The molecule has 0 atom stereocenters. The van der Waals surface area contributed by atoms with Crippen LogP contribution in [-0.2, 0) is 12.2 Å². The van der Waals surface area contributed by atoms with E-state index >= 15 is 0 Å². The Labute approximate surface area is 175 Å². The maximum Gasteiger partial charge on any atom is 0.272 e. The van der Waals surface area contributed by atoms with Crippen molar-refractivity contribution < 1.29 is 9.13 Å². The van der Waals surface area contributed by atoms with Gasteiger partial charge >= 0.3 is 0 Å². The van der Waals surface area contributed by atoms with Crippen LogP contribution < -0.4 is 10.3 Å². The van der Waals surface area contributed by atoms with E-state index in [0.29, 0.717) is 32.1 Å². The second kappa shape index (κ2) is 8.19. The lowest BCUT2D eigenvalue weighted by atomic mass is 10.2. The number of rotatable bonds is 5. The van der Waals surface area contributed by atoms with Gasteiger partial charge in [-0.05, 0) is 24.3 Å². The van der Waals surface area contributed by atoms with Crippen LogP contribution in [0.1, 0.15) is 11.3 Å². The third kappa shape index (κ3) is 3.66. The van der Waals surface area contributed by atoms with Crippen LogP contribution in [-0.4, -0.2) is 22.4 Å². The Bertz CT molecular complexity index is 1080. The van der Waals surface area contributed by atoms with Crippen molar-refractivity contribution in [3.63, 3.8) is 0 Å². The van der Waals surface area contributed by atoms with Crippen LogP contribution >= 0.6 is 35.1 Å². The van der Waals surface area contributed by atoms with Gasteiger partial charge in [-0.3, -0.25) is 9.36 Å². The van der Waals surface area contributed by atoms with Gasteiger partial charge < -0.3 is 4.74 Å². The quantitative estimate of drug-likeness (QED) is 0.419. The third-order valence-electron chi connectivity index (χ3n) is 4.39. The fourth-order valence-corrected chi connectivity index (χ4v) is 5.37. The first-order chi connectivity index (χ1) is 13.6. The van der Waals surface area contributed by atoms with E-state index in [1.54, 1.807) is 29.9 Å². The molecule has 144 valence electrons. The predicted octanol–water partition coefficient (Wildman–Crippen LogP) is 4.97. The molecule has 2 heterocycles. The molecule has 8 heteroatoms. The number of aromatic nitrogens is 2. The van der Waals surface area contributed by atoms with Gasteiger partial charge in [0.25, 0.3) is 5.56 Å². The van der Waals surface area contributed by atoms with Gasteiger partial charge in [-0.2, -0.15) is 0 Å². The summed E-state index contributed by atoms with van der Waals surface area (Å²) in [6.07, 6.45) is 0.752. The number of benzene rings is 2. The van der Waals surface area contributed by atoms with E-state index < -0.39 is 0 Å². The Kier molecular flexibility index (Phi) is 5.66. The SMILES string of the molecule is COc1cccc(-n2c(SCc3c(F)cccc3Cl)nc3c(c2=O)SCC3)c1. The van der Waals surface area contributed by atoms with E-state index in [4.69, 9.17) is 21.3 Å². The molecule has 0 radical (unpaired) electrons. The number of thioether (sulfide) groups is 2. The number of hydrogen-bond acceptors (Lipinski definition) is 5. The monoisotopic (exact) mass is 434 g/mol. The molecule has 1 aromatic heterocycles. The highest BCUT2D eigenvalue weighted by molar-refractivity contribution is 7.99. The maximum absolute atomic E-state index is 14.2. The Morgan fingerprint density at radius 3 is 2.93 bits per heavy atom. The van der Waals surface area contributed by atoms with Crippen LogP contribution in [0.25, 0.3) is 5.69 Å². The van der Waals surface area contributed by atoms with E-state index in [1.165, 1.54) is 29.6 Å². The highest BCUT2D eigenvalue weighted by atomic mass is 35.5. The van der Waals surface area contributed by atoms with Gasteiger partial charge in [0.05, 0.1) is 23.4 Å². The summed E-state index contributed by atoms with van der Waals surface area (Å²) < 4.78 is 21.0. The zero-order valence-electron chi connectivity index (χ0n) is 14.9. The van der Waals surface area contributed by atoms with Crippen LogP contribution in [0.5, 0.6) is 5.75 Å². The number of ether oxygens (including phenoxy) is 1. The number of halogens is 2. The Hall–Kier alpha value is -1.96. The number of nitrogens with zero attached hydrogens (tertiary/aromatic N) is 2. The molecule has 0 spiro atoms. The van der Waals surface area contributed by atoms with Crippen molar-refractivity contribution in [2.45, 2.75) is 22.2 Å². The first-order valence-corrected chi connectivity index (χ1v) is 10.9. The van der Waals surface area contributed by atoms with Crippen LogP contribution in [0.2, 0.25) is 5.02 Å². The summed E-state index contributed by atoms with van der Waals surface area (Å²) in [4.78, 5) is 18.6. The van der Waals surface area contributed by atoms with Crippen molar-refractivity contribution in [2.75, 3.05) is 12.9 Å². The van der Waals surface area contributed by atoms with Gasteiger partial charge in [-0.15, -0.1) is 11.8 Å². The minimum Gasteiger partial charge on any atom is -0.497 e. The molecule has 2 aromatic carbocycles. The molecule has 0 fully saturated rings. The number of hydrogen-bond donors (Lipinski definition) is 0.